The minimum absolute atomic E-state index is 1.62. The van der Waals surface area contributed by atoms with E-state index in [1.807, 2.05) is 15.5 Å². The van der Waals surface area contributed by atoms with Crippen LogP contribution in [0.4, 0.5) is 0 Å². The van der Waals surface area contributed by atoms with E-state index >= 15 is 0 Å². The molecular formula is C4H4INO. The molecule has 0 aliphatic carbocycles. The fourth-order valence-electron chi connectivity index (χ4n) is 0.282. The van der Waals surface area contributed by atoms with Crippen molar-refractivity contribution in [3.63, 3.8) is 0 Å². The van der Waals surface area contributed by atoms with Crippen molar-refractivity contribution in [3.05, 3.63) is 24.9 Å². The number of rotatable bonds is 0. The van der Waals surface area contributed by atoms with Crippen molar-refractivity contribution in [2.45, 2.75) is 0 Å². The molecule has 0 saturated heterocycles. The third kappa shape index (κ3) is 1.38. The number of halogens is 1. The fourth-order valence-corrected chi connectivity index (χ4v) is 0.544. The van der Waals surface area contributed by atoms with E-state index in [2.05, 4.69) is 22.9 Å². The largest absolute Gasteiger partial charge is 0.470 e. The Bertz CT molecular complexity index is 98.3. The van der Waals surface area contributed by atoms with Gasteiger partial charge in [-0.25, -0.2) is 0 Å². The fraction of sp³-hybridized carbons (Fsp3) is 0. The molecule has 0 spiro atoms. The van der Waals surface area contributed by atoms with E-state index in [1.54, 1.807) is 12.5 Å². The van der Waals surface area contributed by atoms with Crippen molar-refractivity contribution >= 4 is 22.9 Å². The van der Waals surface area contributed by atoms with Crippen LogP contribution in [0.2, 0.25) is 0 Å². The minimum Gasteiger partial charge on any atom is -0.470 e. The second-order valence-corrected chi connectivity index (χ2v) is 2.16. The van der Waals surface area contributed by atoms with E-state index in [0.29, 0.717) is 0 Å². The maximum Gasteiger partial charge on any atom is 0.107 e. The van der Waals surface area contributed by atoms with Crippen LogP contribution in [0.15, 0.2) is 24.9 Å². The lowest BCUT2D eigenvalue weighted by Gasteiger charge is -2.05. The van der Waals surface area contributed by atoms with Gasteiger partial charge in [0.15, 0.2) is 0 Å². The monoisotopic (exact) mass is 209 g/mol. The maximum atomic E-state index is 4.73. The van der Waals surface area contributed by atoms with Crippen LogP contribution in [0, 0.1) is 0 Å². The van der Waals surface area contributed by atoms with Gasteiger partial charge in [-0.15, -0.1) is 0 Å². The molecule has 0 bridgehead atoms. The van der Waals surface area contributed by atoms with Crippen molar-refractivity contribution in [1.82, 2.24) is 3.11 Å². The Morgan fingerprint density at radius 3 is 2.14 bits per heavy atom. The van der Waals surface area contributed by atoms with Gasteiger partial charge >= 0.3 is 0 Å². The molecule has 0 unspecified atom stereocenters. The molecule has 0 N–H and O–H groups in total. The van der Waals surface area contributed by atoms with Gasteiger partial charge in [-0.1, -0.05) is 0 Å². The zero-order chi connectivity index (χ0) is 5.11. The number of ether oxygens (including phenoxy) is 1. The molecule has 0 aromatic heterocycles. The molecule has 38 valence electrons. The van der Waals surface area contributed by atoms with Gasteiger partial charge in [-0.05, 0) is 0 Å². The highest BCUT2D eigenvalue weighted by Crippen LogP contribution is 2.04. The van der Waals surface area contributed by atoms with Crippen molar-refractivity contribution in [3.8, 4) is 0 Å². The number of hydrogen-bond acceptors (Lipinski definition) is 2. The van der Waals surface area contributed by atoms with Gasteiger partial charge in [0.05, 0.1) is 22.9 Å². The van der Waals surface area contributed by atoms with Gasteiger partial charge in [-0.3, -0.25) is 3.11 Å². The summed E-state index contributed by atoms with van der Waals surface area (Å²) in [6.07, 6.45) is 6.88. The molecule has 7 heavy (non-hydrogen) atoms. The SMILES string of the molecule is IN1C=COC=C1. The van der Waals surface area contributed by atoms with Gasteiger partial charge in [-0.2, -0.15) is 0 Å². The Kier molecular flexibility index (Phi) is 1.56. The summed E-state index contributed by atoms with van der Waals surface area (Å²) >= 11 is 2.14. The summed E-state index contributed by atoms with van der Waals surface area (Å²) < 4.78 is 6.61. The summed E-state index contributed by atoms with van der Waals surface area (Å²) in [5.41, 5.74) is 0. The number of hydrogen-bond donors (Lipinski definition) is 0. The van der Waals surface area contributed by atoms with Crippen LogP contribution >= 0.6 is 22.9 Å². The highest BCUT2D eigenvalue weighted by molar-refractivity contribution is 14.1. The normalized spacial score (nSPS) is 17.0. The quantitative estimate of drug-likeness (QED) is 0.443. The topological polar surface area (TPSA) is 12.5 Å². The Morgan fingerprint density at radius 2 is 1.86 bits per heavy atom. The van der Waals surface area contributed by atoms with E-state index in [1.165, 1.54) is 0 Å². The summed E-state index contributed by atoms with van der Waals surface area (Å²) in [6, 6.07) is 0. The van der Waals surface area contributed by atoms with Crippen LogP contribution in [0.25, 0.3) is 0 Å². The van der Waals surface area contributed by atoms with Gasteiger partial charge in [0, 0.05) is 12.4 Å². The maximum absolute atomic E-state index is 4.73. The Balaban J connectivity index is 2.49. The molecular weight excluding hydrogens is 205 g/mol. The summed E-state index contributed by atoms with van der Waals surface area (Å²) in [7, 11) is 0. The zero-order valence-electron chi connectivity index (χ0n) is 3.54. The molecule has 0 radical (unpaired) electrons. The minimum atomic E-state index is 1.62. The molecule has 0 atom stereocenters. The van der Waals surface area contributed by atoms with Crippen LogP contribution in [0.3, 0.4) is 0 Å². The molecule has 0 aromatic rings. The van der Waals surface area contributed by atoms with Gasteiger partial charge in [0.25, 0.3) is 0 Å². The smallest absolute Gasteiger partial charge is 0.107 e. The average Bonchev–Trinajstić information content (AvgIpc) is 1.69. The van der Waals surface area contributed by atoms with Crippen LogP contribution in [-0.4, -0.2) is 3.11 Å². The predicted octanol–water partition coefficient (Wildman–Crippen LogP) is 1.61. The number of nitrogens with zero attached hydrogens (tertiary/aromatic N) is 1. The molecule has 2 nitrogen and oxygen atoms in total. The first-order valence-electron chi connectivity index (χ1n) is 1.82. The average molecular weight is 209 g/mol. The third-order valence-corrected chi connectivity index (χ3v) is 1.21. The first-order chi connectivity index (χ1) is 3.39. The summed E-state index contributed by atoms with van der Waals surface area (Å²) in [6.45, 7) is 0. The standard InChI is InChI=1S/C4H4INO/c5-6-1-3-7-4-2-6/h1-4H. The van der Waals surface area contributed by atoms with Crippen LogP contribution in [0.5, 0.6) is 0 Å². The summed E-state index contributed by atoms with van der Waals surface area (Å²) in [5.74, 6) is 0. The Morgan fingerprint density at radius 1 is 1.29 bits per heavy atom. The first kappa shape index (κ1) is 4.96. The molecule has 1 heterocycles. The molecule has 1 aliphatic heterocycles. The van der Waals surface area contributed by atoms with Crippen LogP contribution < -0.4 is 0 Å². The van der Waals surface area contributed by atoms with E-state index in [0.717, 1.165) is 0 Å². The van der Waals surface area contributed by atoms with Gasteiger partial charge in [0.1, 0.15) is 12.5 Å². The Labute approximate surface area is 55.9 Å². The predicted molar refractivity (Wildman–Crippen MR) is 35.2 cm³/mol. The van der Waals surface area contributed by atoms with Crippen molar-refractivity contribution in [1.29, 1.82) is 0 Å². The summed E-state index contributed by atoms with van der Waals surface area (Å²) in [4.78, 5) is 0. The molecule has 3 heteroatoms. The first-order valence-corrected chi connectivity index (χ1v) is 2.79. The third-order valence-electron chi connectivity index (χ3n) is 0.564. The molecule has 1 rings (SSSR count). The van der Waals surface area contributed by atoms with Gasteiger partial charge in [0.2, 0.25) is 0 Å². The lowest BCUT2D eigenvalue weighted by Crippen LogP contribution is -1.93. The summed E-state index contributed by atoms with van der Waals surface area (Å²) in [5, 5.41) is 0. The lowest BCUT2D eigenvalue weighted by molar-refractivity contribution is 0.380. The van der Waals surface area contributed by atoms with Crippen LogP contribution in [0.1, 0.15) is 0 Å². The highest BCUT2D eigenvalue weighted by Gasteiger charge is 1.86. The lowest BCUT2D eigenvalue weighted by atomic mass is 10.8. The van der Waals surface area contributed by atoms with Crippen LogP contribution in [-0.2, 0) is 4.74 Å². The van der Waals surface area contributed by atoms with E-state index in [9.17, 15) is 0 Å². The molecule has 0 amide bonds. The molecule has 1 aliphatic rings. The highest BCUT2D eigenvalue weighted by atomic mass is 127. The van der Waals surface area contributed by atoms with Gasteiger partial charge < -0.3 is 4.74 Å². The second-order valence-electron chi connectivity index (χ2n) is 1.05. The van der Waals surface area contributed by atoms with Crippen molar-refractivity contribution in [2.24, 2.45) is 0 Å². The van der Waals surface area contributed by atoms with E-state index < -0.39 is 0 Å². The van der Waals surface area contributed by atoms with Crippen molar-refractivity contribution < 1.29 is 4.74 Å². The molecule has 0 fully saturated rings. The molecule has 0 aromatic carbocycles. The second kappa shape index (κ2) is 2.20. The molecule has 0 saturated carbocycles. The van der Waals surface area contributed by atoms with E-state index in [-0.39, 0.29) is 0 Å². The zero-order valence-corrected chi connectivity index (χ0v) is 5.70. The van der Waals surface area contributed by atoms with Crippen molar-refractivity contribution in [2.75, 3.05) is 0 Å². The van der Waals surface area contributed by atoms with E-state index in [4.69, 9.17) is 4.74 Å². The Hall–Kier alpha value is -0.190.